The van der Waals surface area contributed by atoms with Gasteiger partial charge >= 0.3 is 0 Å². The van der Waals surface area contributed by atoms with Crippen LogP contribution >= 0.6 is 0 Å². The normalized spacial score (nSPS) is 19.6. The van der Waals surface area contributed by atoms with Crippen molar-refractivity contribution in [2.45, 2.75) is 44.1 Å². The quantitative estimate of drug-likeness (QED) is 0.836. The summed E-state index contributed by atoms with van der Waals surface area (Å²) in [5.41, 5.74) is -0.194. The molecule has 1 aliphatic carbocycles. The summed E-state index contributed by atoms with van der Waals surface area (Å²) in [6.45, 7) is 0. The molecule has 1 aromatic heterocycles. The molecule has 0 saturated heterocycles. The van der Waals surface area contributed by atoms with Crippen molar-refractivity contribution in [3.8, 4) is 0 Å². The van der Waals surface area contributed by atoms with Crippen LogP contribution in [0.25, 0.3) is 0 Å². The average molecular weight is 222 g/mol. The van der Waals surface area contributed by atoms with Crippen LogP contribution in [0.5, 0.6) is 0 Å². The van der Waals surface area contributed by atoms with Crippen LogP contribution in [-0.2, 0) is 18.3 Å². The molecule has 4 heteroatoms. The smallest absolute Gasteiger partial charge is 0.168 e. The Bertz CT molecular complexity index is 378. The van der Waals surface area contributed by atoms with Gasteiger partial charge in [0.15, 0.2) is 5.78 Å². The summed E-state index contributed by atoms with van der Waals surface area (Å²) < 4.78 is 1.67. The van der Waals surface area contributed by atoms with E-state index in [9.17, 15) is 9.90 Å². The van der Waals surface area contributed by atoms with Gasteiger partial charge < -0.3 is 5.11 Å². The van der Waals surface area contributed by atoms with Gasteiger partial charge in [-0.05, 0) is 18.4 Å². The summed E-state index contributed by atoms with van der Waals surface area (Å²) in [6, 6.07) is 0. The molecule has 0 bridgehead atoms. The van der Waals surface area contributed by atoms with E-state index in [4.69, 9.17) is 0 Å². The Labute approximate surface area is 95.3 Å². The molecule has 1 aromatic rings. The van der Waals surface area contributed by atoms with Gasteiger partial charge in [-0.2, -0.15) is 5.10 Å². The zero-order chi connectivity index (χ0) is 11.6. The fourth-order valence-corrected chi connectivity index (χ4v) is 2.33. The third-order valence-corrected chi connectivity index (χ3v) is 3.32. The molecule has 88 valence electrons. The predicted molar refractivity (Wildman–Crippen MR) is 60.0 cm³/mol. The Balaban J connectivity index is 2.01. The fraction of sp³-hybridized carbons (Fsp3) is 0.667. The van der Waals surface area contributed by atoms with Crippen molar-refractivity contribution < 1.29 is 9.90 Å². The van der Waals surface area contributed by atoms with Crippen LogP contribution in [0.4, 0.5) is 0 Å². The Hall–Kier alpha value is -1.16. The van der Waals surface area contributed by atoms with Gasteiger partial charge in [0.05, 0.1) is 6.20 Å². The Kier molecular flexibility index (Phi) is 3.10. The Morgan fingerprint density at radius 3 is 2.75 bits per heavy atom. The molecule has 0 atom stereocenters. The van der Waals surface area contributed by atoms with Crippen LogP contribution in [0.2, 0.25) is 0 Å². The van der Waals surface area contributed by atoms with Gasteiger partial charge in [-0.15, -0.1) is 0 Å². The minimum atomic E-state index is -1.08. The van der Waals surface area contributed by atoms with Crippen molar-refractivity contribution in [1.82, 2.24) is 9.78 Å². The molecular formula is C12H18N2O2. The maximum Gasteiger partial charge on any atom is 0.168 e. The third kappa shape index (κ3) is 2.32. The summed E-state index contributed by atoms with van der Waals surface area (Å²) in [5.74, 6) is -0.0554. The second-order valence-corrected chi connectivity index (χ2v) is 4.71. The van der Waals surface area contributed by atoms with E-state index in [2.05, 4.69) is 5.10 Å². The van der Waals surface area contributed by atoms with Crippen LogP contribution in [0.3, 0.4) is 0 Å². The number of aliphatic hydroxyl groups is 1. The lowest BCUT2D eigenvalue weighted by molar-refractivity contribution is -0.139. The zero-order valence-corrected chi connectivity index (χ0v) is 9.65. The predicted octanol–water partition coefficient (Wildman–Crippen LogP) is 1.23. The molecule has 1 N–H and O–H groups in total. The maximum absolute atomic E-state index is 12.0. The SMILES string of the molecule is Cn1cc(CC(=O)C2(O)CCCCC2)cn1. The summed E-state index contributed by atoms with van der Waals surface area (Å²) >= 11 is 0. The Morgan fingerprint density at radius 2 is 2.19 bits per heavy atom. The van der Waals surface area contributed by atoms with Crippen LogP contribution in [0.1, 0.15) is 37.7 Å². The number of rotatable bonds is 3. The number of nitrogens with zero attached hydrogens (tertiary/aromatic N) is 2. The van der Waals surface area contributed by atoms with E-state index in [0.29, 0.717) is 19.3 Å². The maximum atomic E-state index is 12.0. The minimum Gasteiger partial charge on any atom is -0.382 e. The van der Waals surface area contributed by atoms with Crippen molar-refractivity contribution in [2.75, 3.05) is 0 Å². The molecule has 0 aromatic carbocycles. The molecule has 0 amide bonds. The standard InChI is InChI=1S/C12H18N2O2/c1-14-9-10(8-13-14)7-11(15)12(16)5-3-2-4-6-12/h8-9,16H,2-7H2,1H3. The monoisotopic (exact) mass is 222 g/mol. The fourth-order valence-electron chi connectivity index (χ4n) is 2.33. The van der Waals surface area contributed by atoms with Gasteiger partial charge in [0.25, 0.3) is 0 Å². The van der Waals surface area contributed by atoms with Gasteiger partial charge in [0.2, 0.25) is 0 Å². The number of ketones is 1. The molecule has 0 aliphatic heterocycles. The summed E-state index contributed by atoms with van der Waals surface area (Å²) in [6.07, 6.45) is 8.07. The van der Waals surface area contributed by atoms with E-state index in [1.165, 1.54) is 0 Å². The molecule has 1 fully saturated rings. The second-order valence-electron chi connectivity index (χ2n) is 4.71. The van der Waals surface area contributed by atoms with Crippen molar-refractivity contribution in [2.24, 2.45) is 7.05 Å². The lowest BCUT2D eigenvalue weighted by Crippen LogP contribution is -2.41. The van der Waals surface area contributed by atoms with E-state index in [0.717, 1.165) is 24.8 Å². The largest absolute Gasteiger partial charge is 0.382 e. The first-order valence-electron chi connectivity index (χ1n) is 5.83. The first kappa shape index (κ1) is 11.3. The van der Waals surface area contributed by atoms with Crippen molar-refractivity contribution in [3.05, 3.63) is 18.0 Å². The molecule has 0 spiro atoms. The number of Topliss-reactive ketones (excluding diaryl/α,β-unsaturated/α-hetero) is 1. The van der Waals surface area contributed by atoms with Gasteiger partial charge in [-0.3, -0.25) is 9.48 Å². The molecule has 4 nitrogen and oxygen atoms in total. The van der Waals surface area contributed by atoms with Gasteiger partial charge in [-0.1, -0.05) is 19.3 Å². The van der Waals surface area contributed by atoms with Crippen molar-refractivity contribution in [1.29, 1.82) is 0 Å². The lowest BCUT2D eigenvalue weighted by atomic mass is 9.80. The van der Waals surface area contributed by atoms with Crippen LogP contribution in [0.15, 0.2) is 12.4 Å². The molecule has 0 radical (unpaired) electrons. The number of aryl methyl sites for hydroxylation is 1. The molecule has 2 rings (SSSR count). The summed E-state index contributed by atoms with van der Waals surface area (Å²) in [7, 11) is 1.82. The van der Waals surface area contributed by atoms with Crippen LogP contribution in [0, 0.1) is 0 Å². The van der Waals surface area contributed by atoms with Crippen molar-refractivity contribution >= 4 is 5.78 Å². The molecule has 16 heavy (non-hydrogen) atoms. The number of hydrogen-bond donors (Lipinski definition) is 1. The second kappa shape index (κ2) is 4.37. The lowest BCUT2D eigenvalue weighted by Gasteiger charge is -2.30. The highest BCUT2D eigenvalue weighted by molar-refractivity contribution is 5.88. The Morgan fingerprint density at radius 1 is 1.50 bits per heavy atom. The molecular weight excluding hydrogens is 204 g/mol. The topological polar surface area (TPSA) is 55.1 Å². The molecule has 1 heterocycles. The van der Waals surface area contributed by atoms with Gasteiger partial charge in [-0.25, -0.2) is 0 Å². The van der Waals surface area contributed by atoms with Crippen LogP contribution in [-0.4, -0.2) is 26.3 Å². The highest BCUT2D eigenvalue weighted by atomic mass is 16.3. The highest BCUT2D eigenvalue weighted by Gasteiger charge is 2.36. The molecule has 0 unspecified atom stereocenters. The van der Waals surface area contributed by atoms with E-state index < -0.39 is 5.60 Å². The molecule has 1 aliphatic rings. The van der Waals surface area contributed by atoms with E-state index in [1.54, 1.807) is 10.9 Å². The first-order valence-corrected chi connectivity index (χ1v) is 5.83. The van der Waals surface area contributed by atoms with E-state index in [-0.39, 0.29) is 5.78 Å². The number of carbonyl (C=O) groups excluding carboxylic acids is 1. The number of carbonyl (C=O) groups is 1. The van der Waals surface area contributed by atoms with Gasteiger partial charge in [0.1, 0.15) is 5.60 Å². The average Bonchev–Trinajstić information content (AvgIpc) is 2.65. The minimum absolute atomic E-state index is 0.0554. The zero-order valence-electron chi connectivity index (χ0n) is 9.65. The summed E-state index contributed by atoms with van der Waals surface area (Å²) in [5, 5.41) is 14.3. The van der Waals surface area contributed by atoms with Gasteiger partial charge in [0, 0.05) is 19.7 Å². The molecule has 1 saturated carbocycles. The number of hydrogen-bond acceptors (Lipinski definition) is 3. The van der Waals surface area contributed by atoms with E-state index in [1.807, 2.05) is 13.2 Å². The van der Waals surface area contributed by atoms with Crippen molar-refractivity contribution in [3.63, 3.8) is 0 Å². The highest BCUT2D eigenvalue weighted by Crippen LogP contribution is 2.29. The van der Waals surface area contributed by atoms with Crippen LogP contribution < -0.4 is 0 Å². The summed E-state index contributed by atoms with van der Waals surface area (Å²) in [4.78, 5) is 12.0. The third-order valence-electron chi connectivity index (χ3n) is 3.32. The van der Waals surface area contributed by atoms with E-state index >= 15 is 0 Å². The first-order chi connectivity index (χ1) is 7.60. The number of aromatic nitrogens is 2.